The number of sulfonamides is 1. The standard InChI is InChI=1S/C31H35ClN4O5S/c1-3-25-28-24(34-35(25)2)18-33-42(39,40)17-7-15-36-29-22(13-14-23(32)27(28)29)21(30(36)31(37)38)11-6-16-41-26-12-5-9-19-8-4-10-20(19)26/h5,9,12-14,33H,3-4,6-8,10-11,15-18H2,1-2H3,(H,37,38). The van der Waals surface area contributed by atoms with Crippen LogP contribution >= 0.6 is 11.6 Å². The molecule has 0 radical (unpaired) electrons. The third-order valence-electron chi connectivity index (χ3n) is 8.49. The van der Waals surface area contributed by atoms with Crippen molar-refractivity contribution in [2.75, 3.05) is 12.4 Å². The van der Waals surface area contributed by atoms with Crippen LogP contribution in [0.15, 0.2) is 30.3 Å². The van der Waals surface area contributed by atoms with Gasteiger partial charge in [0.05, 0.1) is 35.1 Å². The first-order valence-electron chi connectivity index (χ1n) is 14.5. The van der Waals surface area contributed by atoms with Crippen LogP contribution in [0.2, 0.25) is 5.02 Å². The number of carbonyl (C=O) groups is 1. The molecule has 11 heteroatoms. The topological polar surface area (TPSA) is 115 Å². The van der Waals surface area contributed by atoms with E-state index in [4.69, 9.17) is 16.3 Å². The van der Waals surface area contributed by atoms with Crippen LogP contribution in [-0.2, 0) is 55.8 Å². The van der Waals surface area contributed by atoms with Crippen LogP contribution in [-0.4, -0.2) is 46.2 Å². The lowest BCUT2D eigenvalue weighted by Crippen LogP contribution is -2.27. The number of carboxylic acids is 1. The van der Waals surface area contributed by atoms with E-state index in [-0.39, 0.29) is 31.0 Å². The summed E-state index contributed by atoms with van der Waals surface area (Å²) in [7, 11) is -1.77. The molecule has 0 bridgehead atoms. The summed E-state index contributed by atoms with van der Waals surface area (Å²) in [4.78, 5) is 12.9. The third-order valence-corrected chi connectivity index (χ3v) is 10.2. The molecule has 0 saturated carbocycles. The zero-order valence-corrected chi connectivity index (χ0v) is 25.4. The zero-order valence-electron chi connectivity index (χ0n) is 23.9. The van der Waals surface area contributed by atoms with Crippen LogP contribution < -0.4 is 9.46 Å². The van der Waals surface area contributed by atoms with E-state index in [1.54, 1.807) is 9.25 Å². The normalized spacial score (nSPS) is 16.2. The van der Waals surface area contributed by atoms with Crippen molar-refractivity contribution in [3.8, 4) is 16.9 Å². The van der Waals surface area contributed by atoms with E-state index in [0.717, 1.165) is 41.7 Å². The number of nitrogens with one attached hydrogen (secondary N) is 1. The van der Waals surface area contributed by atoms with Gasteiger partial charge in [0.25, 0.3) is 0 Å². The fourth-order valence-corrected chi connectivity index (χ4v) is 7.96. The predicted octanol–water partition coefficient (Wildman–Crippen LogP) is 5.28. The average molecular weight is 611 g/mol. The van der Waals surface area contributed by atoms with E-state index < -0.39 is 16.0 Å². The average Bonchev–Trinajstić information content (AvgIpc) is 3.64. The Morgan fingerprint density at radius 2 is 2.00 bits per heavy atom. The summed E-state index contributed by atoms with van der Waals surface area (Å²) in [6.07, 6.45) is 5.23. The monoisotopic (exact) mass is 610 g/mol. The summed E-state index contributed by atoms with van der Waals surface area (Å²) >= 11 is 6.92. The molecule has 1 aliphatic carbocycles. The molecule has 4 aromatic rings. The quantitative estimate of drug-likeness (QED) is 0.275. The molecular weight excluding hydrogens is 576 g/mol. The van der Waals surface area contributed by atoms with Crippen LogP contribution in [0.25, 0.3) is 22.0 Å². The Morgan fingerprint density at radius 3 is 2.79 bits per heavy atom. The van der Waals surface area contributed by atoms with Gasteiger partial charge in [-0.05, 0) is 73.8 Å². The summed E-state index contributed by atoms with van der Waals surface area (Å²) in [6, 6.07) is 9.90. The molecule has 42 heavy (non-hydrogen) atoms. The number of aromatic nitrogens is 3. The first-order chi connectivity index (χ1) is 20.2. The second kappa shape index (κ2) is 11.4. The van der Waals surface area contributed by atoms with Crippen molar-refractivity contribution in [2.45, 2.75) is 65.0 Å². The Bertz CT molecular complexity index is 1810. The highest BCUT2D eigenvalue weighted by molar-refractivity contribution is 7.89. The number of aromatic carboxylic acids is 1. The van der Waals surface area contributed by atoms with Gasteiger partial charge in [0.1, 0.15) is 11.4 Å². The van der Waals surface area contributed by atoms with E-state index in [2.05, 4.69) is 15.9 Å². The molecule has 0 amide bonds. The molecule has 3 heterocycles. The Kier molecular flexibility index (Phi) is 7.80. The Labute approximate surface area is 250 Å². The molecule has 2 N–H and O–H groups in total. The highest BCUT2D eigenvalue weighted by atomic mass is 35.5. The number of halogens is 1. The van der Waals surface area contributed by atoms with Gasteiger partial charge >= 0.3 is 5.97 Å². The van der Waals surface area contributed by atoms with Crippen molar-refractivity contribution in [1.29, 1.82) is 0 Å². The second-order valence-electron chi connectivity index (χ2n) is 11.0. The number of benzene rings is 2. The van der Waals surface area contributed by atoms with Crippen molar-refractivity contribution in [3.63, 3.8) is 0 Å². The first kappa shape index (κ1) is 28.8. The SMILES string of the molecule is CCc1c2c(nn1C)CNS(=O)(=O)CCCn1c(C(=O)O)c(CCCOc3cccc4c3CCC4)c3ccc(Cl)c-2c31. The van der Waals surface area contributed by atoms with Gasteiger partial charge in [0.2, 0.25) is 10.0 Å². The van der Waals surface area contributed by atoms with Gasteiger partial charge < -0.3 is 14.4 Å². The fourth-order valence-electron chi connectivity index (χ4n) is 6.70. The van der Waals surface area contributed by atoms with E-state index in [1.807, 2.05) is 38.2 Å². The maximum absolute atomic E-state index is 12.9. The van der Waals surface area contributed by atoms with Gasteiger partial charge in [0.15, 0.2) is 0 Å². The Morgan fingerprint density at radius 1 is 1.17 bits per heavy atom. The maximum Gasteiger partial charge on any atom is 0.352 e. The first-order valence-corrected chi connectivity index (χ1v) is 16.6. The Hall–Kier alpha value is -3.34. The third kappa shape index (κ3) is 5.09. The van der Waals surface area contributed by atoms with Crippen LogP contribution in [0, 0.1) is 0 Å². The minimum atomic E-state index is -3.60. The van der Waals surface area contributed by atoms with Gasteiger partial charge in [-0.2, -0.15) is 5.10 Å². The molecule has 0 unspecified atom stereocenters. The minimum Gasteiger partial charge on any atom is -0.493 e. The number of fused-ring (bicyclic) bond motifs is 3. The number of nitrogens with zero attached hydrogens (tertiary/aromatic N) is 3. The van der Waals surface area contributed by atoms with Crippen LogP contribution in [0.5, 0.6) is 5.75 Å². The smallest absolute Gasteiger partial charge is 0.352 e. The van der Waals surface area contributed by atoms with E-state index in [1.165, 1.54) is 11.1 Å². The van der Waals surface area contributed by atoms with E-state index in [9.17, 15) is 18.3 Å². The lowest BCUT2D eigenvalue weighted by molar-refractivity contribution is 0.0684. The molecule has 2 aromatic heterocycles. The molecule has 0 atom stereocenters. The maximum atomic E-state index is 12.9. The molecular formula is C31H35ClN4O5S. The summed E-state index contributed by atoms with van der Waals surface area (Å²) in [5.41, 5.74) is 7.12. The van der Waals surface area contributed by atoms with Crippen molar-refractivity contribution >= 4 is 38.5 Å². The van der Waals surface area contributed by atoms with Gasteiger partial charge in [-0.1, -0.05) is 36.7 Å². The molecule has 222 valence electrons. The summed E-state index contributed by atoms with van der Waals surface area (Å²) in [5.74, 6) is -0.266. The summed E-state index contributed by atoms with van der Waals surface area (Å²) in [5, 5.41) is 16.5. The fraction of sp³-hybridized carbons (Fsp3) is 0.419. The zero-order chi connectivity index (χ0) is 29.6. The summed E-state index contributed by atoms with van der Waals surface area (Å²) in [6.45, 7) is 2.71. The predicted molar refractivity (Wildman–Crippen MR) is 163 cm³/mol. The highest BCUT2D eigenvalue weighted by Gasteiger charge is 2.30. The Balaban J connectivity index is 1.46. The molecule has 9 nitrogen and oxygen atoms in total. The molecule has 0 saturated heterocycles. The molecule has 2 aromatic carbocycles. The molecule has 1 aliphatic heterocycles. The molecule has 2 aliphatic rings. The number of aryl methyl sites for hydroxylation is 4. The number of carboxylic acid groups (broad SMARTS) is 1. The van der Waals surface area contributed by atoms with Crippen LogP contribution in [0.1, 0.15) is 64.8 Å². The number of hydrogen-bond acceptors (Lipinski definition) is 5. The van der Waals surface area contributed by atoms with Crippen LogP contribution in [0.3, 0.4) is 0 Å². The highest BCUT2D eigenvalue weighted by Crippen LogP contribution is 2.43. The van der Waals surface area contributed by atoms with E-state index in [0.29, 0.717) is 53.2 Å². The van der Waals surface area contributed by atoms with Crippen LogP contribution in [0.4, 0.5) is 0 Å². The number of rotatable bonds is 7. The van der Waals surface area contributed by atoms with Gasteiger partial charge in [-0.3, -0.25) is 4.68 Å². The minimum absolute atomic E-state index is 0.0259. The summed E-state index contributed by atoms with van der Waals surface area (Å²) < 4.78 is 38.0. The van der Waals surface area contributed by atoms with Crippen molar-refractivity contribution < 1.29 is 23.1 Å². The lowest BCUT2D eigenvalue weighted by Gasteiger charge is -2.14. The number of ether oxygens (including phenoxy) is 1. The largest absolute Gasteiger partial charge is 0.493 e. The van der Waals surface area contributed by atoms with E-state index >= 15 is 0 Å². The molecule has 0 spiro atoms. The molecule has 6 rings (SSSR count). The van der Waals surface area contributed by atoms with Crippen molar-refractivity contribution in [3.05, 3.63) is 69.1 Å². The van der Waals surface area contributed by atoms with Gasteiger partial charge in [0, 0.05) is 35.8 Å². The second-order valence-corrected chi connectivity index (χ2v) is 13.4. The number of hydrogen-bond donors (Lipinski definition) is 2. The van der Waals surface area contributed by atoms with Gasteiger partial charge in [-0.15, -0.1) is 0 Å². The lowest BCUT2D eigenvalue weighted by atomic mass is 9.97. The van der Waals surface area contributed by atoms with Crippen molar-refractivity contribution in [1.82, 2.24) is 19.1 Å². The van der Waals surface area contributed by atoms with Crippen molar-refractivity contribution in [2.24, 2.45) is 7.05 Å². The molecule has 0 fully saturated rings. The van der Waals surface area contributed by atoms with Gasteiger partial charge in [-0.25, -0.2) is 17.9 Å².